The number of hydrogen-bond donors (Lipinski definition) is 3. The van der Waals surface area contributed by atoms with Gasteiger partial charge in [-0.1, -0.05) is 0 Å². The van der Waals surface area contributed by atoms with Crippen molar-refractivity contribution in [1.29, 1.82) is 0 Å². The zero-order chi connectivity index (χ0) is 8.27. The molecule has 64 valence electrons. The first-order valence-electron chi connectivity index (χ1n) is 3.88. The molecule has 11 heavy (non-hydrogen) atoms. The lowest BCUT2D eigenvalue weighted by atomic mass is 10.0. The standard InChI is InChI=1S/C7H14N2O2/c1-5-6(4-7(10)11)9-3-2-8-5/h5-6,8-9H,2-4H2,1H3,(H,10,11)/t5-,6+/m1/s1. The third-order valence-electron chi connectivity index (χ3n) is 2.00. The van der Waals surface area contributed by atoms with Crippen LogP contribution in [-0.4, -0.2) is 36.2 Å². The van der Waals surface area contributed by atoms with Crippen LogP contribution in [0.4, 0.5) is 0 Å². The second-order valence-corrected chi connectivity index (χ2v) is 2.90. The highest BCUT2D eigenvalue weighted by atomic mass is 16.4. The fourth-order valence-corrected chi connectivity index (χ4v) is 1.31. The van der Waals surface area contributed by atoms with E-state index in [4.69, 9.17) is 5.11 Å². The van der Waals surface area contributed by atoms with E-state index in [1.54, 1.807) is 0 Å². The average molecular weight is 158 g/mol. The van der Waals surface area contributed by atoms with E-state index in [-0.39, 0.29) is 18.5 Å². The van der Waals surface area contributed by atoms with Gasteiger partial charge in [-0.05, 0) is 6.92 Å². The molecule has 2 atom stereocenters. The lowest BCUT2D eigenvalue weighted by Crippen LogP contribution is -2.55. The van der Waals surface area contributed by atoms with Gasteiger partial charge in [0.15, 0.2) is 0 Å². The zero-order valence-electron chi connectivity index (χ0n) is 6.63. The number of hydrogen-bond acceptors (Lipinski definition) is 3. The third kappa shape index (κ3) is 2.48. The molecule has 0 aromatic rings. The molecule has 0 radical (unpaired) electrons. The van der Waals surface area contributed by atoms with Crippen LogP contribution in [0, 0.1) is 0 Å². The summed E-state index contributed by atoms with van der Waals surface area (Å²) in [6.45, 7) is 3.79. The Morgan fingerprint density at radius 1 is 1.55 bits per heavy atom. The van der Waals surface area contributed by atoms with E-state index >= 15 is 0 Å². The Kier molecular flexibility index (Phi) is 2.84. The summed E-state index contributed by atoms with van der Waals surface area (Å²) in [5, 5.41) is 14.9. The third-order valence-corrected chi connectivity index (χ3v) is 2.00. The maximum Gasteiger partial charge on any atom is 0.304 e. The van der Waals surface area contributed by atoms with Crippen LogP contribution in [0.3, 0.4) is 0 Å². The lowest BCUT2D eigenvalue weighted by molar-refractivity contribution is -0.137. The first-order valence-corrected chi connectivity index (χ1v) is 3.88. The molecule has 0 aliphatic carbocycles. The van der Waals surface area contributed by atoms with Crippen molar-refractivity contribution in [3.05, 3.63) is 0 Å². The van der Waals surface area contributed by atoms with Gasteiger partial charge in [-0.15, -0.1) is 0 Å². The number of rotatable bonds is 2. The molecule has 4 nitrogen and oxygen atoms in total. The predicted octanol–water partition coefficient (Wildman–Crippen LogP) is -0.589. The van der Waals surface area contributed by atoms with Crippen molar-refractivity contribution in [2.45, 2.75) is 25.4 Å². The second-order valence-electron chi connectivity index (χ2n) is 2.90. The van der Waals surface area contributed by atoms with Gasteiger partial charge >= 0.3 is 5.97 Å². The lowest BCUT2D eigenvalue weighted by Gasteiger charge is -2.29. The summed E-state index contributed by atoms with van der Waals surface area (Å²) < 4.78 is 0. The summed E-state index contributed by atoms with van der Waals surface area (Å²) in [5.41, 5.74) is 0. The Morgan fingerprint density at radius 3 is 2.73 bits per heavy atom. The molecule has 1 aliphatic rings. The molecule has 1 aliphatic heterocycles. The van der Waals surface area contributed by atoms with Crippen molar-refractivity contribution < 1.29 is 9.90 Å². The second kappa shape index (κ2) is 3.69. The minimum Gasteiger partial charge on any atom is -0.481 e. The van der Waals surface area contributed by atoms with Gasteiger partial charge in [-0.25, -0.2) is 0 Å². The SMILES string of the molecule is C[C@H]1NCCN[C@H]1CC(=O)O. The molecule has 0 saturated carbocycles. The maximum atomic E-state index is 10.3. The summed E-state index contributed by atoms with van der Waals surface area (Å²) in [6.07, 6.45) is 0.203. The van der Waals surface area contributed by atoms with Crippen LogP contribution in [-0.2, 0) is 4.79 Å². The Bertz CT molecular complexity index is 149. The van der Waals surface area contributed by atoms with Crippen molar-refractivity contribution in [3.8, 4) is 0 Å². The minimum atomic E-state index is -0.738. The van der Waals surface area contributed by atoms with Crippen LogP contribution in [0.25, 0.3) is 0 Å². The van der Waals surface area contributed by atoms with Crippen LogP contribution in [0.2, 0.25) is 0 Å². The molecule has 0 aromatic carbocycles. The van der Waals surface area contributed by atoms with E-state index in [2.05, 4.69) is 10.6 Å². The van der Waals surface area contributed by atoms with Crippen LogP contribution in [0.15, 0.2) is 0 Å². The monoisotopic (exact) mass is 158 g/mol. The van der Waals surface area contributed by atoms with Gasteiger partial charge in [0, 0.05) is 25.2 Å². The smallest absolute Gasteiger partial charge is 0.304 e. The van der Waals surface area contributed by atoms with Crippen molar-refractivity contribution >= 4 is 5.97 Å². The quantitative estimate of drug-likeness (QED) is 0.503. The van der Waals surface area contributed by atoms with Crippen LogP contribution in [0.1, 0.15) is 13.3 Å². The van der Waals surface area contributed by atoms with Crippen molar-refractivity contribution in [2.24, 2.45) is 0 Å². The Balaban J connectivity index is 2.35. The van der Waals surface area contributed by atoms with Gasteiger partial charge < -0.3 is 15.7 Å². The van der Waals surface area contributed by atoms with Gasteiger partial charge in [0.25, 0.3) is 0 Å². The summed E-state index contributed by atoms with van der Waals surface area (Å²) in [7, 11) is 0. The average Bonchev–Trinajstić information content (AvgIpc) is 1.93. The number of carboxylic acid groups (broad SMARTS) is 1. The largest absolute Gasteiger partial charge is 0.481 e. The first kappa shape index (κ1) is 8.49. The number of nitrogens with one attached hydrogen (secondary N) is 2. The number of carbonyl (C=O) groups is 1. The fourth-order valence-electron chi connectivity index (χ4n) is 1.31. The summed E-state index contributed by atoms with van der Waals surface area (Å²) in [6, 6.07) is 0.348. The van der Waals surface area contributed by atoms with Crippen LogP contribution >= 0.6 is 0 Å². The van der Waals surface area contributed by atoms with E-state index in [9.17, 15) is 4.79 Å². The number of carboxylic acids is 1. The van der Waals surface area contributed by atoms with Crippen LogP contribution < -0.4 is 10.6 Å². The Labute approximate surface area is 66.0 Å². The molecule has 0 bridgehead atoms. The van der Waals surface area contributed by atoms with Gasteiger partial charge in [-0.2, -0.15) is 0 Å². The molecule has 0 amide bonds. The molecule has 1 rings (SSSR count). The van der Waals surface area contributed by atoms with Gasteiger partial charge in [0.2, 0.25) is 0 Å². The molecule has 0 spiro atoms. The van der Waals surface area contributed by atoms with Crippen molar-refractivity contribution in [2.75, 3.05) is 13.1 Å². The fraction of sp³-hybridized carbons (Fsp3) is 0.857. The molecule has 1 saturated heterocycles. The highest BCUT2D eigenvalue weighted by Crippen LogP contribution is 2.01. The normalized spacial score (nSPS) is 31.7. The topological polar surface area (TPSA) is 61.4 Å². The molecule has 1 heterocycles. The Hall–Kier alpha value is -0.610. The molecular formula is C7H14N2O2. The van der Waals surface area contributed by atoms with E-state index in [0.717, 1.165) is 13.1 Å². The first-order chi connectivity index (χ1) is 5.20. The van der Waals surface area contributed by atoms with Crippen molar-refractivity contribution in [3.63, 3.8) is 0 Å². The van der Waals surface area contributed by atoms with E-state index < -0.39 is 5.97 Å². The van der Waals surface area contributed by atoms with E-state index in [1.165, 1.54) is 0 Å². The Morgan fingerprint density at radius 2 is 2.18 bits per heavy atom. The molecular weight excluding hydrogens is 144 g/mol. The summed E-state index contributed by atoms with van der Waals surface area (Å²) in [4.78, 5) is 10.3. The molecule has 0 unspecified atom stereocenters. The highest BCUT2D eigenvalue weighted by molar-refractivity contribution is 5.67. The molecule has 3 N–H and O–H groups in total. The molecule has 0 aromatic heterocycles. The molecule has 1 fully saturated rings. The maximum absolute atomic E-state index is 10.3. The summed E-state index contributed by atoms with van der Waals surface area (Å²) >= 11 is 0. The minimum absolute atomic E-state index is 0.0845. The summed E-state index contributed by atoms with van der Waals surface area (Å²) in [5.74, 6) is -0.738. The molecule has 4 heteroatoms. The van der Waals surface area contributed by atoms with Gasteiger partial charge in [-0.3, -0.25) is 4.79 Å². The van der Waals surface area contributed by atoms with Gasteiger partial charge in [0.05, 0.1) is 6.42 Å². The van der Waals surface area contributed by atoms with Crippen molar-refractivity contribution in [1.82, 2.24) is 10.6 Å². The number of piperazine rings is 1. The number of aliphatic carboxylic acids is 1. The van der Waals surface area contributed by atoms with Gasteiger partial charge in [0.1, 0.15) is 0 Å². The van der Waals surface area contributed by atoms with E-state index in [1.807, 2.05) is 6.92 Å². The van der Waals surface area contributed by atoms with E-state index in [0.29, 0.717) is 0 Å². The predicted molar refractivity (Wildman–Crippen MR) is 41.5 cm³/mol. The zero-order valence-corrected chi connectivity index (χ0v) is 6.63. The van der Waals surface area contributed by atoms with Crippen LogP contribution in [0.5, 0.6) is 0 Å². The highest BCUT2D eigenvalue weighted by Gasteiger charge is 2.21.